The summed E-state index contributed by atoms with van der Waals surface area (Å²) in [5.41, 5.74) is 4.25. The lowest BCUT2D eigenvalue weighted by molar-refractivity contribution is 0.300. The van der Waals surface area contributed by atoms with E-state index in [1.165, 1.54) is 0 Å². The van der Waals surface area contributed by atoms with E-state index in [0.29, 0.717) is 12.4 Å². The lowest BCUT2D eigenvalue weighted by Gasteiger charge is -2.13. The summed E-state index contributed by atoms with van der Waals surface area (Å²) in [6.45, 7) is 4.20. The normalized spacial score (nSPS) is 10.5. The number of aromatic hydroxyl groups is 1. The number of pyridine rings is 1. The predicted octanol–water partition coefficient (Wildman–Crippen LogP) is 3.44. The maximum atomic E-state index is 9.77. The molecule has 3 rings (SSSR count). The molecule has 3 aromatic rings. The van der Waals surface area contributed by atoms with Crippen LogP contribution in [0, 0.1) is 13.8 Å². The second-order valence-corrected chi connectivity index (χ2v) is 5.23. The molecule has 0 radical (unpaired) electrons. The van der Waals surface area contributed by atoms with Crippen LogP contribution in [-0.4, -0.2) is 20.1 Å². The molecular formula is C18H17N3O2. The highest BCUT2D eigenvalue weighted by molar-refractivity contribution is 5.69. The Bertz CT molecular complexity index is 834. The summed E-state index contributed by atoms with van der Waals surface area (Å²) in [5, 5.41) is 9.77. The van der Waals surface area contributed by atoms with Gasteiger partial charge in [-0.15, -0.1) is 0 Å². The Kier molecular flexibility index (Phi) is 4.19. The summed E-state index contributed by atoms with van der Waals surface area (Å²) in [5.74, 6) is 0.696. The van der Waals surface area contributed by atoms with Gasteiger partial charge < -0.3 is 9.84 Å². The molecule has 0 atom stereocenters. The van der Waals surface area contributed by atoms with Crippen molar-refractivity contribution in [2.24, 2.45) is 0 Å². The summed E-state index contributed by atoms with van der Waals surface area (Å²) in [7, 11) is 0. The van der Waals surface area contributed by atoms with E-state index in [0.717, 1.165) is 28.2 Å². The van der Waals surface area contributed by atoms with Gasteiger partial charge in [-0.3, -0.25) is 15.0 Å². The van der Waals surface area contributed by atoms with E-state index in [1.54, 1.807) is 36.8 Å². The number of aromatic nitrogens is 3. The molecule has 1 N–H and O–H groups in total. The molecule has 0 spiro atoms. The van der Waals surface area contributed by atoms with Crippen molar-refractivity contribution >= 4 is 0 Å². The van der Waals surface area contributed by atoms with E-state index in [2.05, 4.69) is 15.0 Å². The highest BCUT2D eigenvalue weighted by Gasteiger charge is 2.12. The summed E-state index contributed by atoms with van der Waals surface area (Å²) >= 11 is 0. The molecule has 0 aliphatic rings. The quantitative estimate of drug-likeness (QED) is 0.799. The van der Waals surface area contributed by atoms with Gasteiger partial charge in [-0.2, -0.15) is 0 Å². The van der Waals surface area contributed by atoms with Crippen molar-refractivity contribution in [2.75, 3.05) is 0 Å². The zero-order chi connectivity index (χ0) is 16.2. The molecule has 2 heterocycles. The Hall–Kier alpha value is -2.95. The zero-order valence-electron chi connectivity index (χ0n) is 13.0. The van der Waals surface area contributed by atoms with Crippen LogP contribution < -0.4 is 4.74 Å². The van der Waals surface area contributed by atoms with Gasteiger partial charge >= 0.3 is 0 Å². The van der Waals surface area contributed by atoms with Crippen LogP contribution in [0.15, 0.2) is 48.9 Å². The average Bonchev–Trinajstić information content (AvgIpc) is 2.55. The predicted molar refractivity (Wildman–Crippen MR) is 87.2 cm³/mol. The van der Waals surface area contributed by atoms with Crippen molar-refractivity contribution in [1.29, 1.82) is 0 Å². The minimum Gasteiger partial charge on any atom is -0.508 e. The monoisotopic (exact) mass is 307 g/mol. The fourth-order valence-electron chi connectivity index (χ4n) is 2.31. The Labute approximate surface area is 134 Å². The van der Waals surface area contributed by atoms with Crippen LogP contribution in [0.25, 0.3) is 11.3 Å². The number of hydrogen-bond acceptors (Lipinski definition) is 5. The van der Waals surface area contributed by atoms with Crippen LogP contribution in [0.4, 0.5) is 0 Å². The standard InChI is InChI=1S/C18H17N3O2/c1-12-4-3-7-20-16(12)11-23-17-10-14(22)5-6-15(17)18-13(2)19-8-9-21-18/h3-10,22H,11H2,1-2H3. The molecule has 0 unspecified atom stereocenters. The summed E-state index contributed by atoms with van der Waals surface area (Å²) < 4.78 is 5.90. The van der Waals surface area contributed by atoms with Crippen molar-refractivity contribution in [3.63, 3.8) is 0 Å². The van der Waals surface area contributed by atoms with Crippen LogP contribution >= 0.6 is 0 Å². The molecule has 5 nitrogen and oxygen atoms in total. The highest BCUT2D eigenvalue weighted by atomic mass is 16.5. The first kappa shape index (κ1) is 15.0. The van der Waals surface area contributed by atoms with Crippen molar-refractivity contribution in [3.05, 3.63) is 65.9 Å². The number of hydrogen-bond donors (Lipinski definition) is 1. The summed E-state index contributed by atoms with van der Waals surface area (Å²) in [6, 6.07) is 8.86. The van der Waals surface area contributed by atoms with Crippen molar-refractivity contribution in [2.45, 2.75) is 20.5 Å². The maximum absolute atomic E-state index is 9.77. The maximum Gasteiger partial charge on any atom is 0.133 e. The largest absolute Gasteiger partial charge is 0.508 e. The van der Waals surface area contributed by atoms with Crippen LogP contribution in [0.5, 0.6) is 11.5 Å². The molecule has 0 bridgehead atoms. The van der Waals surface area contributed by atoms with Gasteiger partial charge in [0, 0.05) is 30.2 Å². The SMILES string of the molecule is Cc1cccnc1COc1cc(O)ccc1-c1nccnc1C. The number of rotatable bonds is 4. The number of ether oxygens (including phenoxy) is 1. The van der Waals surface area contributed by atoms with Gasteiger partial charge in [-0.25, -0.2) is 0 Å². The second kappa shape index (κ2) is 6.44. The third kappa shape index (κ3) is 3.29. The summed E-state index contributed by atoms with van der Waals surface area (Å²) in [4.78, 5) is 13.0. The minimum absolute atomic E-state index is 0.142. The molecule has 1 aromatic carbocycles. The highest BCUT2D eigenvalue weighted by Crippen LogP contribution is 2.33. The number of benzene rings is 1. The molecule has 0 fully saturated rings. The summed E-state index contributed by atoms with van der Waals surface area (Å²) in [6.07, 6.45) is 5.03. The third-order valence-electron chi connectivity index (χ3n) is 3.58. The van der Waals surface area contributed by atoms with E-state index < -0.39 is 0 Å². The van der Waals surface area contributed by atoms with E-state index >= 15 is 0 Å². The van der Waals surface area contributed by atoms with Crippen molar-refractivity contribution in [3.8, 4) is 22.8 Å². The van der Waals surface area contributed by atoms with Gasteiger partial charge in [0.1, 0.15) is 18.1 Å². The topological polar surface area (TPSA) is 68.1 Å². The van der Waals surface area contributed by atoms with E-state index in [1.807, 2.05) is 26.0 Å². The molecule has 0 aliphatic carbocycles. The van der Waals surface area contributed by atoms with Gasteiger partial charge in [0.05, 0.1) is 17.1 Å². The number of nitrogens with zero attached hydrogens (tertiary/aromatic N) is 3. The van der Waals surface area contributed by atoms with Gasteiger partial charge in [-0.05, 0) is 37.6 Å². The van der Waals surface area contributed by atoms with Gasteiger partial charge in [0.15, 0.2) is 0 Å². The first-order valence-corrected chi connectivity index (χ1v) is 7.29. The van der Waals surface area contributed by atoms with Gasteiger partial charge in [0.2, 0.25) is 0 Å². The lowest BCUT2D eigenvalue weighted by Crippen LogP contribution is -2.02. The molecular weight excluding hydrogens is 290 g/mol. The fourth-order valence-corrected chi connectivity index (χ4v) is 2.31. The first-order chi connectivity index (χ1) is 11.1. The number of phenolic OH excluding ortho intramolecular Hbond substituents is 1. The number of aryl methyl sites for hydroxylation is 2. The average molecular weight is 307 g/mol. The Morgan fingerprint density at radius 2 is 1.83 bits per heavy atom. The molecule has 2 aromatic heterocycles. The Morgan fingerprint density at radius 1 is 1.00 bits per heavy atom. The lowest BCUT2D eigenvalue weighted by atomic mass is 10.1. The Balaban J connectivity index is 1.94. The van der Waals surface area contributed by atoms with E-state index in [9.17, 15) is 5.11 Å². The molecule has 0 amide bonds. The second-order valence-electron chi connectivity index (χ2n) is 5.23. The third-order valence-corrected chi connectivity index (χ3v) is 3.58. The molecule has 23 heavy (non-hydrogen) atoms. The van der Waals surface area contributed by atoms with Crippen LogP contribution in [0.2, 0.25) is 0 Å². The van der Waals surface area contributed by atoms with Crippen LogP contribution in [0.3, 0.4) is 0 Å². The Morgan fingerprint density at radius 3 is 2.61 bits per heavy atom. The smallest absolute Gasteiger partial charge is 0.133 e. The minimum atomic E-state index is 0.142. The van der Waals surface area contributed by atoms with Gasteiger partial charge in [-0.1, -0.05) is 6.07 Å². The van der Waals surface area contributed by atoms with E-state index in [4.69, 9.17) is 4.74 Å². The van der Waals surface area contributed by atoms with Crippen molar-refractivity contribution in [1.82, 2.24) is 15.0 Å². The van der Waals surface area contributed by atoms with Crippen molar-refractivity contribution < 1.29 is 9.84 Å². The zero-order valence-corrected chi connectivity index (χ0v) is 13.0. The first-order valence-electron chi connectivity index (χ1n) is 7.29. The molecule has 116 valence electrons. The molecule has 0 saturated carbocycles. The molecule has 5 heteroatoms. The van der Waals surface area contributed by atoms with Crippen LogP contribution in [-0.2, 0) is 6.61 Å². The fraction of sp³-hybridized carbons (Fsp3) is 0.167. The number of phenols is 1. The van der Waals surface area contributed by atoms with E-state index in [-0.39, 0.29) is 5.75 Å². The van der Waals surface area contributed by atoms with Gasteiger partial charge in [0.25, 0.3) is 0 Å². The van der Waals surface area contributed by atoms with Crippen LogP contribution in [0.1, 0.15) is 17.0 Å². The molecule has 0 saturated heterocycles. The molecule has 0 aliphatic heterocycles.